The van der Waals surface area contributed by atoms with E-state index in [4.69, 9.17) is 16.3 Å². The maximum absolute atomic E-state index is 10.4. The summed E-state index contributed by atoms with van der Waals surface area (Å²) in [7, 11) is 1.43. The van der Waals surface area contributed by atoms with Crippen molar-refractivity contribution < 1.29 is 9.53 Å². The molecular formula is C8H9ClO2. The van der Waals surface area contributed by atoms with Crippen molar-refractivity contribution in [2.24, 2.45) is 0 Å². The summed E-state index contributed by atoms with van der Waals surface area (Å²) < 4.78 is 4.80. The number of carbonyl (C=O) groups is 1. The fraction of sp³-hybridized carbons (Fsp3) is 0.125. The second-order valence-electron chi connectivity index (χ2n) is 1.71. The van der Waals surface area contributed by atoms with Gasteiger partial charge in [0, 0.05) is 5.03 Å². The zero-order valence-corrected chi connectivity index (χ0v) is 7.02. The fourth-order valence-corrected chi connectivity index (χ4v) is 0.697. The van der Waals surface area contributed by atoms with Gasteiger partial charge in [-0.1, -0.05) is 24.8 Å². The lowest BCUT2D eigenvalue weighted by Gasteiger charge is -2.02. The first-order chi connectivity index (χ1) is 5.17. The summed E-state index contributed by atoms with van der Waals surface area (Å²) in [5, 5.41) is 0.150. The topological polar surface area (TPSA) is 26.3 Å². The van der Waals surface area contributed by atoms with Gasteiger partial charge in [-0.05, 0) is 6.08 Å². The van der Waals surface area contributed by atoms with E-state index in [1.54, 1.807) is 0 Å². The van der Waals surface area contributed by atoms with Crippen LogP contribution < -0.4 is 0 Å². The number of carbonyl (C=O) groups excluding carboxylic acids is 1. The molecule has 0 fully saturated rings. The number of ether oxygens (including phenoxy) is 1. The second kappa shape index (κ2) is 4.74. The van der Waals surface area contributed by atoms with E-state index in [1.165, 1.54) is 13.2 Å². The molecule has 0 aliphatic rings. The molecule has 0 heterocycles. The largest absolute Gasteiger partial charge is 0.496 e. The van der Waals surface area contributed by atoms with E-state index in [0.29, 0.717) is 12.0 Å². The molecule has 3 heteroatoms. The Hall–Kier alpha value is -1.02. The Kier molecular flexibility index (Phi) is 4.30. The smallest absolute Gasteiger partial charge is 0.155 e. The van der Waals surface area contributed by atoms with Crippen molar-refractivity contribution >= 4 is 17.9 Å². The first-order valence-corrected chi connectivity index (χ1v) is 3.25. The Bertz CT molecular complexity index is 216. The van der Waals surface area contributed by atoms with Gasteiger partial charge in [-0.15, -0.1) is 0 Å². The van der Waals surface area contributed by atoms with Crippen molar-refractivity contribution in [2.75, 3.05) is 7.11 Å². The number of methoxy groups -OCH3 is 1. The maximum Gasteiger partial charge on any atom is 0.155 e. The summed E-state index contributed by atoms with van der Waals surface area (Å²) in [6.07, 6.45) is 1.98. The van der Waals surface area contributed by atoms with Gasteiger partial charge in [0.25, 0.3) is 0 Å². The van der Waals surface area contributed by atoms with E-state index in [9.17, 15) is 4.79 Å². The van der Waals surface area contributed by atoms with Crippen LogP contribution in [0.1, 0.15) is 0 Å². The minimum atomic E-state index is 0.150. The minimum Gasteiger partial charge on any atom is -0.496 e. The van der Waals surface area contributed by atoms with E-state index in [1.807, 2.05) is 0 Å². The van der Waals surface area contributed by atoms with Crippen LogP contribution in [-0.2, 0) is 9.53 Å². The van der Waals surface area contributed by atoms with Crippen LogP contribution in [0.25, 0.3) is 0 Å². The molecule has 2 nitrogen and oxygen atoms in total. The lowest BCUT2D eigenvalue weighted by atomic mass is 10.2. The SMILES string of the molecule is C=C/C(OC)=C(/C=O)C(=C)Cl. The van der Waals surface area contributed by atoms with E-state index in [2.05, 4.69) is 13.2 Å². The van der Waals surface area contributed by atoms with Gasteiger partial charge < -0.3 is 4.74 Å². The molecule has 0 N–H and O–H groups in total. The van der Waals surface area contributed by atoms with Crippen LogP contribution in [0.2, 0.25) is 0 Å². The molecule has 11 heavy (non-hydrogen) atoms. The Labute approximate surface area is 70.8 Å². The third-order valence-corrected chi connectivity index (χ3v) is 1.28. The molecule has 0 bridgehead atoms. The average Bonchev–Trinajstić information content (AvgIpc) is 1.99. The van der Waals surface area contributed by atoms with Gasteiger partial charge in [0.1, 0.15) is 5.76 Å². The monoisotopic (exact) mass is 172 g/mol. The van der Waals surface area contributed by atoms with Crippen molar-refractivity contribution in [3.8, 4) is 0 Å². The number of hydrogen-bond donors (Lipinski definition) is 0. The van der Waals surface area contributed by atoms with Gasteiger partial charge in [-0.3, -0.25) is 4.79 Å². The number of hydrogen-bond acceptors (Lipinski definition) is 2. The van der Waals surface area contributed by atoms with E-state index in [0.717, 1.165) is 0 Å². The summed E-state index contributed by atoms with van der Waals surface area (Å²) in [6, 6.07) is 0. The number of rotatable bonds is 4. The molecule has 0 saturated carbocycles. The van der Waals surface area contributed by atoms with Crippen molar-refractivity contribution in [1.82, 2.24) is 0 Å². The summed E-state index contributed by atoms with van der Waals surface area (Å²) in [6.45, 7) is 6.83. The Morgan fingerprint density at radius 2 is 2.18 bits per heavy atom. The van der Waals surface area contributed by atoms with Crippen LogP contribution in [0.4, 0.5) is 0 Å². The van der Waals surface area contributed by atoms with E-state index in [-0.39, 0.29) is 10.6 Å². The highest BCUT2D eigenvalue weighted by atomic mass is 35.5. The van der Waals surface area contributed by atoms with Gasteiger partial charge in [0.2, 0.25) is 0 Å². The van der Waals surface area contributed by atoms with E-state index >= 15 is 0 Å². The zero-order chi connectivity index (χ0) is 8.85. The molecule has 0 aromatic rings. The molecule has 0 aliphatic carbocycles. The number of aldehydes is 1. The van der Waals surface area contributed by atoms with Crippen molar-refractivity contribution in [3.63, 3.8) is 0 Å². The van der Waals surface area contributed by atoms with Gasteiger partial charge in [-0.25, -0.2) is 0 Å². The summed E-state index contributed by atoms with van der Waals surface area (Å²) in [5.41, 5.74) is 0.226. The lowest BCUT2D eigenvalue weighted by Crippen LogP contribution is -1.92. The molecule has 0 aliphatic heterocycles. The molecule has 0 atom stereocenters. The van der Waals surface area contributed by atoms with Gasteiger partial charge in [0.05, 0.1) is 12.7 Å². The third kappa shape index (κ3) is 2.60. The van der Waals surface area contributed by atoms with Gasteiger partial charge in [-0.2, -0.15) is 0 Å². The highest BCUT2D eigenvalue weighted by molar-refractivity contribution is 6.33. The first kappa shape index (κ1) is 9.98. The normalized spacial score (nSPS) is 11.5. The molecule has 0 radical (unpaired) electrons. The van der Waals surface area contributed by atoms with Crippen molar-refractivity contribution in [3.05, 3.63) is 35.6 Å². The number of allylic oxidation sites excluding steroid dienone is 3. The molecule has 0 unspecified atom stereocenters. The van der Waals surface area contributed by atoms with Crippen molar-refractivity contribution in [1.29, 1.82) is 0 Å². The molecule has 0 saturated heterocycles. The quantitative estimate of drug-likeness (QED) is 0.281. The molecular weight excluding hydrogens is 164 g/mol. The molecule has 0 rings (SSSR count). The fourth-order valence-electron chi connectivity index (χ4n) is 0.559. The molecule has 0 aromatic carbocycles. The van der Waals surface area contributed by atoms with Crippen LogP contribution in [0.3, 0.4) is 0 Å². The number of halogens is 1. The predicted molar refractivity (Wildman–Crippen MR) is 45.3 cm³/mol. The molecule has 60 valence electrons. The summed E-state index contributed by atoms with van der Waals surface area (Å²) >= 11 is 5.48. The van der Waals surface area contributed by atoms with E-state index < -0.39 is 0 Å². The second-order valence-corrected chi connectivity index (χ2v) is 2.17. The van der Waals surface area contributed by atoms with Crippen molar-refractivity contribution in [2.45, 2.75) is 0 Å². The average molecular weight is 173 g/mol. The van der Waals surface area contributed by atoms with Gasteiger partial charge >= 0.3 is 0 Å². The minimum absolute atomic E-state index is 0.150. The Morgan fingerprint density at radius 1 is 1.64 bits per heavy atom. The van der Waals surface area contributed by atoms with Gasteiger partial charge in [0.15, 0.2) is 6.29 Å². The Morgan fingerprint density at radius 3 is 2.27 bits per heavy atom. The Balaban J connectivity index is 4.92. The maximum atomic E-state index is 10.4. The predicted octanol–water partition coefficient (Wildman–Crippen LogP) is 2.02. The van der Waals surface area contributed by atoms with Crippen LogP contribution in [-0.4, -0.2) is 13.4 Å². The summed E-state index contributed by atoms with van der Waals surface area (Å²) in [4.78, 5) is 10.4. The van der Waals surface area contributed by atoms with Crippen LogP contribution in [0.5, 0.6) is 0 Å². The first-order valence-electron chi connectivity index (χ1n) is 2.88. The highest BCUT2D eigenvalue weighted by Crippen LogP contribution is 2.15. The van der Waals surface area contributed by atoms with Crippen LogP contribution in [0, 0.1) is 0 Å². The third-order valence-electron chi connectivity index (χ3n) is 1.08. The lowest BCUT2D eigenvalue weighted by molar-refractivity contribution is -0.104. The zero-order valence-electron chi connectivity index (χ0n) is 6.26. The molecule has 0 amide bonds. The van der Waals surface area contributed by atoms with Crippen LogP contribution in [0.15, 0.2) is 35.6 Å². The highest BCUT2D eigenvalue weighted by Gasteiger charge is 2.04. The summed E-state index contributed by atoms with van der Waals surface area (Å²) in [5.74, 6) is 0.333. The van der Waals surface area contributed by atoms with Crippen LogP contribution >= 0.6 is 11.6 Å². The molecule has 0 aromatic heterocycles. The standard InChI is InChI=1S/C8H9ClO2/c1-4-8(11-3)7(5-10)6(2)9/h4-5H,1-2H2,3H3/b8-7+. The molecule has 0 spiro atoms.